The average Bonchev–Trinajstić information content (AvgIpc) is 2.60. The van der Waals surface area contributed by atoms with Gasteiger partial charge >= 0.3 is 0 Å². The summed E-state index contributed by atoms with van der Waals surface area (Å²) in [6, 6.07) is 12.0. The van der Waals surface area contributed by atoms with Crippen LogP contribution in [0.3, 0.4) is 0 Å². The molecule has 15 heavy (non-hydrogen) atoms. The Hall–Kier alpha value is -1.28. The number of nitrogens with two attached hydrogens (primary N) is 2. The first-order valence-electron chi connectivity index (χ1n) is 5.40. The minimum Gasteiger partial charge on any atom is -0.402 e. The normalized spacial score (nSPS) is 24.0. The number of rotatable bonds is 1. The molecule has 2 nitrogen and oxygen atoms in total. The Morgan fingerprint density at radius 1 is 1.13 bits per heavy atom. The van der Waals surface area contributed by atoms with Gasteiger partial charge < -0.3 is 11.5 Å². The van der Waals surface area contributed by atoms with Crippen molar-refractivity contribution in [2.45, 2.75) is 13.3 Å². The molecule has 0 spiro atoms. The molecule has 2 unspecified atom stereocenters. The first kappa shape index (κ1) is 11.8. The van der Waals surface area contributed by atoms with Crippen LogP contribution in [0.1, 0.15) is 13.3 Å². The molecule has 0 aromatic heterocycles. The Morgan fingerprint density at radius 3 is 1.80 bits per heavy atom. The van der Waals surface area contributed by atoms with E-state index in [1.807, 2.05) is 36.4 Å². The van der Waals surface area contributed by atoms with Gasteiger partial charge in [0.25, 0.3) is 0 Å². The summed E-state index contributed by atoms with van der Waals surface area (Å²) in [7, 11) is 0. The lowest BCUT2D eigenvalue weighted by atomic mass is 9.98. The number of hydrogen-bond acceptors (Lipinski definition) is 2. The Morgan fingerprint density at radius 2 is 1.60 bits per heavy atom. The molecule has 0 radical (unpaired) electrons. The molecule has 0 saturated carbocycles. The van der Waals surface area contributed by atoms with Crippen LogP contribution in [0.25, 0.3) is 0 Å². The topological polar surface area (TPSA) is 52.0 Å². The lowest BCUT2D eigenvalue weighted by molar-refractivity contribution is 0.460. The predicted molar refractivity (Wildman–Crippen MR) is 65.0 cm³/mol. The van der Waals surface area contributed by atoms with Crippen LogP contribution in [0, 0.1) is 11.8 Å². The fourth-order valence-corrected chi connectivity index (χ4v) is 1.71. The Labute approximate surface area is 92.0 Å². The fourth-order valence-electron chi connectivity index (χ4n) is 1.71. The summed E-state index contributed by atoms with van der Waals surface area (Å²) < 4.78 is 0. The van der Waals surface area contributed by atoms with E-state index in [9.17, 15) is 0 Å². The molecule has 0 amide bonds. The van der Waals surface area contributed by atoms with Gasteiger partial charge in [0, 0.05) is 5.70 Å². The molecule has 2 atom stereocenters. The molecule has 2 heteroatoms. The molecule has 1 aliphatic carbocycles. The van der Waals surface area contributed by atoms with E-state index < -0.39 is 0 Å². The average molecular weight is 204 g/mol. The van der Waals surface area contributed by atoms with Crippen molar-refractivity contribution >= 4 is 0 Å². The summed E-state index contributed by atoms with van der Waals surface area (Å²) in [4.78, 5) is 0. The number of hydrogen-bond donors (Lipinski definition) is 2. The van der Waals surface area contributed by atoms with Crippen molar-refractivity contribution < 1.29 is 0 Å². The zero-order valence-electron chi connectivity index (χ0n) is 9.27. The first-order chi connectivity index (χ1) is 7.24. The molecule has 0 aliphatic heterocycles. The van der Waals surface area contributed by atoms with Crippen LogP contribution >= 0.6 is 0 Å². The molecule has 1 aromatic carbocycles. The fraction of sp³-hybridized carbons (Fsp3) is 0.385. The van der Waals surface area contributed by atoms with Crippen LogP contribution in [-0.4, -0.2) is 6.54 Å². The highest BCUT2D eigenvalue weighted by atomic mass is 14.6. The number of allylic oxidation sites excluding steroid dienone is 2. The summed E-state index contributed by atoms with van der Waals surface area (Å²) in [6.07, 6.45) is 3.11. The smallest absolute Gasteiger partial charge is 0.00462 e. The van der Waals surface area contributed by atoms with Gasteiger partial charge in [-0.05, 0) is 24.8 Å². The second kappa shape index (κ2) is 6.25. The highest BCUT2D eigenvalue weighted by Gasteiger charge is 2.20. The molecule has 1 aliphatic rings. The Kier molecular flexibility index (Phi) is 4.91. The minimum atomic E-state index is 0.593. The zero-order chi connectivity index (χ0) is 11.1. The van der Waals surface area contributed by atoms with Crippen molar-refractivity contribution in [1.29, 1.82) is 0 Å². The van der Waals surface area contributed by atoms with Crippen LogP contribution in [0.2, 0.25) is 0 Å². The second-order valence-corrected chi connectivity index (χ2v) is 3.96. The summed E-state index contributed by atoms with van der Waals surface area (Å²) in [6.45, 7) is 2.93. The van der Waals surface area contributed by atoms with E-state index >= 15 is 0 Å². The van der Waals surface area contributed by atoms with Gasteiger partial charge in [0.1, 0.15) is 0 Å². The molecule has 0 saturated heterocycles. The van der Waals surface area contributed by atoms with Gasteiger partial charge in [-0.15, -0.1) is 0 Å². The molecule has 0 fully saturated rings. The van der Waals surface area contributed by atoms with E-state index in [1.165, 1.54) is 0 Å². The lowest BCUT2D eigenvalue weighted by Gasteiger charge is -2.10. The highest BCUT2D eigenvalue weighted by Crippen LogP contribution is 2.26. The standard InChI is InChI=1S/C7H14N2.C6H6/c1-5-2-7(9)3-6(5)4-8;1-2-4-6-5-3-1/h2,5-6H,3-4,8-9H2,1H3;1-6H. The summed E-state index contributed by atoms with van der Waals surface area (Å²) in [5.41, 5.74) is 12.1. The molecule has 0 heterocycles. The third kappa shape index (κ3) is 4.17. The molecule has 0 bridgehead atoms. The minimum absolute atomic E-state index is 0.593. The van der Waals surface area contributed by atoms with E-state index in [1.54, 1.807) is 0 Å². The van der Waals surface area contributed by atoms with Crippen LogP contribution in [0.15, 0.2) is 48.2 Å². The van der Waals surface area contributed by atoms with Gasteiger partial charge in [0.05, 0.1) is 0 Å². The van der Waals surface area contributed by atoms with E-state index in [4.69, 9.17) is 11.5 Å². The van der Waals surface area contributed by atoms with Gasteiger partial charge in [-0.25, -0.2) is 0 Å². The van der Waals surface area contributed by atoms with Crippen molar-refractivity contribution in [3.05, 3.63) is 48.2 Å². The van der Waals surface area contributed by atoms with Crippen LogP contribution in [-0.2, 0) is 0 Å². The number of benzene rings is 1. The van der Waals surface area contributed by atoms with Crippen LogP contribution in [0.4, 0.5) is 0 Å². The molecular formula is C13H20N2. The highest BCUT2D eigenvalue weighted by molar-refractivity contribution is 5.09. The van der Waals surface area contributed by atoms with E-state index in [-0.39, 0.29) is 0 Å². The molecule has 4 N–H and O–H groups in total. The summed E-state index contributed by atoms with van der Waals surface area (Å²) >= 11 is 0. The van der Waals surface area contributed by atoms with Crippen molar-refractivity contribution in [3.8, 4) is 0 Å². The van der Waals surface area contributed by atoms with Gasteiger partial charge in [-0.2, -0.15) is 0 Å². The van der Waals surface area contributed by atoms with Gasteiger partial charge in [-0.1, -0.05) is 49.4 Å². The van der Waals surface area contributed by atoms with E-state index in [0.29, 0.717) is 11.8 Å². The van der Waals surface area contributed by atoms with Crippen molar-refractivity contribution in [3.63, 3.8) is 0 Å². The van der Waals surface area contributed by atoms with E-state index in [0.717, 1.165) is 18.7 Å². The Balaban J connectivity index is 0.000000162. The third-order valence-corrected chi connectivity index (χ3v) is 2.69. The molecule has 82 valence electrons. The van der Waals surface area contributed by atoms with E-state index in [2.05, 4.69) is 13.0 Å². The van der Waals surface area contributed by atoms with Crippen molar-refractivity contribution in [2.75, 3.05) is 6.54 Å². The van der Waals surface area contributed by atoms with Gasteiger partial charge in [0.2, 0.25) is 0 Å². The summed E-state index contributed by atoms with van der Waals surface area (Å²) in [5, 5.41) is 0. The van der Waals surface area contributed by atoms with Gasteiger partial charge in [0.15, 0.2) is 0 Å². The van der Waals surface area contributed by atoms with Crippen LogP contribution in [0.5, 0.6) is 0 Å². The zero-order valence-corrected chi connectivity index (χ0v) is 9.27. The molecular weight excluding hydrogens is 184 g/mol. The monoisotopic (exact) mass is 204 g/mol. The largest absolute Gasteiger partial charge is 0.402 e. The Bertz CT molecular complexity index is 266. The SMILES string of the molecule is CC1C=C(N)CC1CN.c1ccccc1. The quantitative estimate of drug-likeness (QED) is 0.736. The maximum Gasteiger partial charge on any atom is 0.00462 e. The van der Waals surface area contributed by atoms with Crippen molar-refractivity contribution in [2.24, 2.45) is 23.3 Å². The maximum absolute atomic E-state index is 5.60. The first-order valence-corrected chi connectivity index (χ1v) is 5.40. The summed E-state index contributed by atoms with van der Waals surface area (Å²) in [5.74, 6) is 1.19. The van der Waals surface area contributed by atoms with Gasteiger partial charge in [-0.3, -0.25) is 0 Å². The predicted octanol–water partition coefficient (Wildman–Crippen LogP) is 2.13. The van der Waals surface area contributed by atoms with Crippen molar-refractivity contribution in [1.82, 2.24) is 0 Å². The third-order valence-electron chi connectivity index (χ3n) is 2.69. The second-order valence-electron chi connectivity index (χ2n) is 3.96. The van der Waals surface area contributed by atoms with Crippen LogP contribution < -0.4 is 11.5 Å². The maximum atomic E-state index is 5.60. The lowest BCUT2D eigenvalue weighted by Crippen LogP contribution is -2.17. The molecule has 1 aromatic rings. The molecule has 2 rings (SSSR count).